The highest BCUT2D eigenvalue weighted by atomic mass is 79.9. The molecule has 0 unspecified atom stereocenters. The summed E-state index contributed by atoms with van der Waals surface area (Å²) < 4.78 is 44.2. The molecule has 0 spiro atoms. The first-order chi connectivity index (χ1) is 9.69. The highest BCUT2D eigenvalue weighted by molar-refractivity contribution is 9.10. The lowest BCUT2D eigenvalue weighted by atomic mass is 10.1. The molecule has 0 aliphatic carbocycles. The average molecular weight is 381 g/mol. The molecule has 3 nitrogen and oxygen atoms in total. The summed E-state index contributed by atoms with van der Waals surface area (Å²) in [6, 6.07) is 4.43. The summed E-state index contributed by atoms with van der Waals surface area (Å²) in [6.07, 6.45) is -3.08. The van der Waals surface area contributed by atoms with Crippen molar-refractivity contribution in [3.05, 3.63) is 39.3 Å². The first kappa shape index (κ1) is 16.1. The number of aromatic amines is 1. The third kappa shape index (κ3) is 3.68. The van der Waals surface area contributed by atoms with Crippen LogP contribution < -0.4 is 4.74 Å². The molecule has 0 amide bonds. The van der Waals surface area contributed by atoms with Gasteiger partial charge in [-0.05, 0) is 36.3 Å². The number of halogens is 4. The molecule has 2 rings (SSSR count). The van der Waals surface area contributed by atoms with Crippen molar-refractivity contribution < 1.29 is 17.9 Å². The van der Waals surface area contributed by atoms with Gasteiger partial charge in [0.25, 0.3) is 0 Å². The standard InChI is InChI=1S/C13H12BrF3N2OS/c1-7(2)10-6-18-12(21)19(10)9-4-3-8(14)5-11(9)20-13(15,16)17/h3-7H,1-2H3,(H,18,21). The maximum atomic E-state index is 12.6. The molecule has 0 saturated heterocycles. The Kier molecular flexibility index (Phi) is 4.48. The van der Waals surface area contributed by atoms with Crippen molar-refractivity contribution in [3.63, 3.8) is 0 Å². The van der Waals surface area contributed by atoms with Gasteiger partial charge in [0.15, 0.2) is 10.5 Å². The Hall–Kier alpha value is -1.28. The highest BCUT2D eigenvalue weighted by Gasteiger charge is 2.32. The Bertz CT molecular complexity index is 706. The van der Waals surface area contributed by atoms with E-state index in [1.165, 1.54) is 12.1 Å². The predicted octanol–water partition coefficient (Wildman–Crippen LogP) is 5.32. The molecule has 1 N–H and O–H groups in total. The van der Waals surface area contributed by atoms with Crippen LogP contribution >= 0.6 is 28.1 Å². The maximum Gasteiger partial charge on any atom is 0.573 e. The largest absolute Gasteiger partial charge is 0.573 e. The van der Waals surface area contributed by atoms with Crippen LogP contribution in [0.2, 0.25) is 0 Å². The molecular weight excluding hydrogens is 369 g/mol. The van der Waals surface area contributed by atoms with Crippen LogP contribution in [-0.2, 0) is 0 Å². The van der Waals surface area contributed by atoms with Crippen LogP contribution in [0.25, 0.3) is 5.69 Å². The van der Waals surface area contributed by atoms with E-state index in [4.69, 9.17) is 12.2 Å². The molecule has 0 saturated carbocycles. The third-order valence-corrected chi connectivity index (χ3v) is 3.58. The fraction of sp³-hybridized carbons (Fsp3) is 0.308. The number of benzene rings is 1. The number of rotatable bonds is 3. The molecular formula is C13H12BrF3N2OS. The number of H-pyrrole nitrogens is 1. The van der Waals surface area contributed by atoms with E-state index in [-0.39, 0.29) is 17.4 Å². The Balaban J connectivity index is 2.64. The Morgan fingerprint density at radius 3 is 2.57 bits per heavy atom. The number of ether oxygens (including phenoxy) is 1. The Morgan fingerprint density at radius 2 is 2.00 bits per heavy atom. The van der Waals surface area contributed by atoms with Crippen molar-refractivity contribution in [1.82, 2.24) is 9.55 Å². The summed E-state index contributed by atoms with van der Waals surface area (Å²) in [5.41, 5.74) is 1.01. The van der Waals surface area contributed by atoms with E-state index < -0.39 is 6.36 Å². The van der Waals surface area contributed by atoms with Crippen LogP contribution in [0.5, 0.6) is 5.75 Å². The monoisotopic (exact) mass is 380 g/mol. The minimum absolute atomic E-state index is 0.0836. The number of nitrogens with one attached hydrogen (secondary N) is 1. The minimum Gasteiger partial charge on any atom is -0.403 e. The van der Waals surface area contributed by atoms with Crippen molar-refractivity contribution >= 4 is 28.1 Å². The summed E-state index contributed by atoms with van der Waals surface area (Å²) >= 11 is 8.31. The van der Waals surface area contributed by atoms with E-state index in [0.717, 1.165) is 5.69 Å². The fourth-order valence-electron chi connectivity index (χ4n) is 1.93. The zero-order valence-electron chi connectivity index (χ0n) is 11.2. The molecule has 1 aromatic heterocycles. The lowest BCUT2D eigenvalue weighted by Crippen LogP contribution is -2.18. The van der Waals surface area contributed by atoms with Gasteiger partial charge in [-0.25, -0.2) is 0 Å². The third-order valence-electron chi connectivity index (χ3n) is 2.78. The second kappa shape index (κ2) is 5.84. The zero-order valence-corrected chi connectivity index (χ0v) is 13.6. The van der Waals surface area contributed by atoms with E-state index in [9.17, 15) is 13.2 Å². The molecule has 0 aliphatic rings. The molecule has 2 aromatic rings. The number of imidazole rings is 1. The fourth-order valence-corrected chi connectivity index (χ4v) is 2.54. The SMILES string of the molecule is CC(C)c1c[nH]c(=S)n1-c1ccc(Br)cc1OC(F)(F)F. The normalized spacial score (nSPS) is 12.0. The van der Waals surface area contributed by atoms with Gasteiger partial charge in [-0.3, -0.25) is 4.57 Å². The topological polar surface area (TPSA) is 29.9 Å². The second-order valence-corrected chi connectivity index (χ2v) is 5.97. The molecule has 0 aliphatic heterocycles. The van der Waals surface area contributed by atoms with E-state index in [0.29, 0.717) is 9.24 Å². The second-order valence-electron chi connectivity index (χ2n) is 4.67. The number of aromatic nitrogens is 2. The first-order valence-electron chi connectivity index (χ1n) is 6.05. The van der Waals surface area contributed by atoms with Crippen molar-refractivity contribution in [2.75, 3.05) is 0 Å². The number of nitrogens with zero attached hydrogens (tertiary/aromatic N) is 1. The summed E-state index contributed by atoms with van der Waals surface area (Å²) in [7, 11) is 0. The molecule has 114 valence electrons. The average Bonchev–Trinajstić information content (AvgIpc) is 2.69. The van der Waals surface area contributed by atoms with Crippen molar-refractivity contribution in [3.8, 4) is 11.4 Å². The van der Waals surface area contributed by atoms with E-state index in [1.54, 1.807) is 16.8 Å². The van der Waals surface area contributed by atoms with Crippen LogP contribution in [-0.4, -0.2) is 15.9 Å². The van der Waals surface area contributed by atoms with Gasteiger partial charge in [-0.1, -0.05) is 29.8 Å². The van der Waals surface area contributed by atoms with Gasteiger partial charge >= 0.3 is 6.36 Å². The van der Waals surface area contributed by atoms with Crippen LogP contribution in [0.3, 0.4) is 0 Å². The number of hydrogen-bond donors (Lipinski definition) is 1. The van der Waals surface area contributed by atoms with Crippen LogP contribution in [0.1, 0.15) is 25.5 Å². The number of hydrogen-bond acceptors (Lipinski definition) is 2. The van der Waals surface area contributed by atoms with Crippen molar-refractivity contribution in [1.29, 1.82) is 0 Å². The Morgan fingerprint density at radius 1 is 1.33 bits per heavy atom. The molecule has 0 atom stereocenters. The van der Waals surface area contributed by atoms with E-state index in [1.807, 2.05) is 13.8 Å². The number of alkyl halides is 3. The lowest BCUT2D eigenvalue weighted by Gasteiger charge is -2.17. The van der Waals surface area contributed by atoms with Gasteiger partial charge in [-0.15, -0.1) is 13.2 Å². The van der Waals surface area contributed by atoms with Crippen molar-refractivity contribution in [2.24, 2.45) is 0 Å². The highest BCUT2D eigenvalue weighted by Crippen LogP contribution is 2.33. The van der Waals surface area contributed by atoms with Gasteiger partial charge in [0.2, 0.25) is 0 Å². The molecule has 0 radical (unpaired) electrons. The quantitative estimate of drug-likeness (QED) is 0.730. The zero-order chi connectivity index (χ0) is 15.8. The van der Waals surface area contributed by atoms with E-state index in [2.05, 4.69) is 25.7 Å². The predicted molar refractivity (Wildman–Crippen MR) is 79.4 cm³/mol. The van der Waals surface area contributed by atoms with Crippen LogP contribution in [0, 0.1) is 4.77 Å². The summed E-state index contributed by atoms with van der Waals surface area (Å²) in [5.74, 6) is -0.227. The summed E-state index contributed by atoms with van der Waals surface area (Å²) in [6.45, 7) is 3.86. The van der Waals surface area contributed by atoms with E-state index >= 15 is 0 Å². The van der Waals surface area contributed by atoms with Gasteiger partial charge in [0.05, 0.1) is 5.69 Å². The molecule has 21 heavy (non-hydrogen) atoms. The minimum atomic E-state index is -4.77. The van der Waals surface area contributed by atoms with Crippen molar-refractivity contribution in [2.45, 2.75) is 26.1 Å². The smallest absolute Gasteiger partial charge is 0.403 e. The van der Waals surface area contributed by atoms with Gasteiger partial charge < -0.3 is 9.72 Å². The summed E-state index contributed by atoms with van der Waals surface area (Å²) in [4.78, 5) is 2.85. The summed E-state index contributed by atoms with van der Waals surface area (Å²) in [5, 5.41) is 0. The molecule has 1 heterocycles. The van der Waals surface area contributed by atoms with Gasteiger partial charge in [0.1, 0.15) is 0 Å². The maximum absolute atomic E-state index is 12.6. The molecule has 8 heteroatoms. The molecule has 0 fully saturated rings. The molecule has 0 bridgehead atoms. The van der Waals surface area contributed by atoms with Gasteiger partial charge in [-0.2, -0.15) is 0 Å². The van der Waals surface area contributed by atoms with Crippen LogP contribution in [0.4, 0.5) is 13.2 Å². The van der Waals surface area contributed by atoms with Gasteiger partial charge in [0, 0.05) is 16.4 Å². The molecule has 1 aromatic carbocycles. The Labute approximate surface area is 132 Å². The first-order valence-corrected chi connectivity index (χ1v) is 7.25. The van der Waals surface area contributed by atoms with Crippen LogP contribution in [0.15, 0.2) is 28.9 Å². The lowest BCUT2D eigenvalue weighted by molar-refractivity contribution is -0.274.